The van der Waals surface area contributed by atoms with Crippen LogP contribution in [0.1, 0.15) is 21.8 Å². The van der Waals surface area contributed by atoms with Crippen LogP contribution in [0.4, 0.5) is 5.69 Å². The molecule has 0 radical (unpaired) electrons. The number of nitro benzene ring substituents is 1. The Hall–Kier alpha value is -2.22. The maximum Gasteiger partial charge on any atom is 0.270 e. The molecule has 1 aromatic heterocycles. The van der Waals surface area contributed by atoms with Crippen molar-refractivity contribution in [1.29, 1.82) is 0 Å². The molecule has 0 aliphatic carbocycles. The number of hydrogen-bond donors (Lipinski definition) is 0. The molecule has 0 spiro atoms. The Balaban J connectivity index is 2.22. The van der Waals surface area contributed by atoms with Gasteiger partial charge < -0.3 is 9.42 Å². The first kappa shape index (κ1) is 15.2. The van der Waals surface area contributed by atoms with Crippen LogP contribution in [0, 0.1) is 17.0 Å². The second-order valence-corrected chi connectivity index (χ2v) is 5.37. The highest BCUT2D eigenvalue weighted by Crippen LogP contribution is 2.24. The van der Waals surface area contributed by atoms with Gasteiger partial charge in [-0.15, -0.1) is 0 Å². The normalized spacial score (nSPS) is 10.4. The van der Waals surface area contributed by atoms with Crippen LogP contribution in [0.25, 0.3) is 0 Å². The highest BCUT2D eigenvalue weighted by atomic mass is 79.9. The van der Waals surface area contributed by atoms with E-state index in [1.54, 1.807) is 20.0 Å². The van der Waals surface area contributed by atoms with E-state index in [-0.39, 0.29) is 23.7 Å². The number of rotatable bonds is 4. The van der Waals surface area contributed by atoms with Crippen molar-refractivity contribution in [3.8, 4) is 0 Å². The van der Waals surface area contributed by atoms with Gasteiger partial charge in [-0.2, -0.15) is 0 Å². The van der Waals surface area contributed by atoms with Gasteiger partial charge in [0.25, 0.3) is 11.6 Å². The number of halogens is 1. The summed E-state index contributed by atoms with van der Waals surface area (Å²) in [6, 6.07) is 5.80. The summed E-state index contributed by atoms with van der Waals surface area (Å²) in [6.07, 6.45) is 0. The average Bonchev–Trinajstić information content (AvgIpc) is 2.83. The molecule has 2 aromatic rings. The lowest BCUT2D eigenvalue weighted by Gasteiger charge is -2.16. The van der Waals surface area contributed by atoms with Gasteiger partial charge >= 0.3 is 0 Å². The van der Waals surface area contributed by atoms with Gasteiger partial charge in [0.05, 0.1) is 17.0 Å². The van der Waals surface area contributed by atoms with E-state index >= 15 is 0 Å². The van der Waals surface area contributed by atoms with Gasteiger partial charge in [-0.25, -0.2) is 0 Å². The minimum absolute atomic E-state index is 0.132. The number of amides is 1. The molecule has 0 N–H and O–H groups in total. The van der Waals surface area contributed by atoms with Crippen LogP contribution in [-0.2, 0) is 6.54 Å². The Morgan fingerprint density at radius 2 is 2.19 bits per heavy atom. The Morgan fingerprint density at radius 3 is 2.76 bits per heavy atom. The number of benzene rings is 1. The number of non-ortho nitro benzene ring substituents is 1. The molecule has 0 bridgehead atoms. The van der Waals surface area contributed by atoms with E-state index in [1.165, 1.54) is 23.1 Å². The third-order valence-corrected chi connectivity index (χ3v) is 3.51. The van der Waals surface area contributed by atoms with Crippen molar-refractivity contribution in [3.05, 3.63) is 55.9 Å². The van der Waals surface area contributed by atoms with Crippen LogP contribution in [0.15, 0.2) is 33.3 Å². The van der Waals surface area contributed by atoms with E-state index < -0.39 is 4.92 Å². The van der Waals surface area contributed by atoms with Gasteiger partial charge in [-0.05, 0) is 28.9 Å². The standard InChI is InChI=1S/C13H12BrN3O4/c1-8-5-9(15-21-8)7-16(2)13(18)11-6-10(17(19)20)3-4-12(11)14/h3-6H,7H2,1-2H3. The summed E-state index contributed by atoms with van der Waals surface area (Å²) in [5.41, 5.74) is 0.712. The smallest absolute Gasteiger partial charge is 0.270 e. The number of carbonyl (C=O) groups excluding carboxylic acids is 1. The van der Waals surface area contributed by atoms with Crippen molar-refractivity contribution in [1.82, 2.24) is 10.1 Å². The van der Waals surface area contributed by atoms with Crippen LogP contribution >= 0.6 is 15.9 Å². The average molecular weight is 354 g/mol. The molecule has 0 aliphatic heterocycles. The lowest BCUT2D eigenvalue weighted by molar-refractivity contribution is -0.384. The van der Waals surface area contributed by atoms with Gasteiger partial charge in [0.2, 0.25) is 0 Å². The lowest BCUT2D eigenvalue weighted by atomic mass is 10.1. The molecule has 7 nitrogen and oxygen atoms in total. The van der Waals surface area contributed by atoms with Crippen LogP contribution in [-0.4, -0.2) is 27.9 Å². The first-order valence-electron chi connectivity index (χ1n) is 6.00. The zero-order valence-electron chi connectivity index (χ0n) is 11.4. The summed E-state index contributed by atoms with van der Waals surface area (Å²) >= 11 is 3.23. The van der Waals surface area contributed by atoms with Crippen molar-refractivity contribution < 1.29 is 14.2 Å². The molecule has 1 aromatic carbocycles. The molecular formula is C13H12BrN3O4. The molecular weight excluding hydrogens is 342 g/mol. The van der Waals surface area contributed by atoms with Crippen LogP contribution in [0.2, 0.25) is 0 Å². The molecule has 0 saturated heterocycles. The molecule has 1 heterocycles. The molecule has 110 valence electrons. The summed E-state index contributed by atoms with van der Waals surface area (Å²) < 4.78 is 5.44. The number of hydrogen-bond acceptors (Lipinski definition) is 5. The van der Waals surface area contributed by atoms with Gasteiger partial charge in [-0.1, -0.05) is 5.16 Å². The second-order valence-electron chi connectivity index (χ2n) is 4.51. The second kappa shape index (κ2) is 6.04. The van der Waals surface area contributed by atoms with E-state index in [2.05, 4.69) is 21.1 Å². The molecule has 0 aliphatic rings. The molecule has 0 unspecified atom stereocenters. The maximum atomic E-state index is 12.4. The predicted molar refractivity (Wildman–Crippen MR) is 77.8 cm³/mol. The fraction of sp³-hybridized carbons (Fsp3) is 0.231. The Kier molecular flexibility index (Phi) is 4.37. The highest BCUT2D eigenvalue weighted by Gasteiger charge is 2.19. The van der Waals surface area contributed by atoms with Crippen molar-refractivity contribution in [3.63, 3.8) is 0 Å². The molecule has 0 saturated carbocycles. The van der Waals surface area contributed by atoms with Gasteiger partial charge in [-0.3, -0.25) is 14.9 Å². The van der Waals surface area contributed by atoms with Crippen LogP contribution in [0.5, 0.6) is 0 Å². The third kappa shape index (κ3) is 3.46. The Bertz CT molecular complexity index is 698. The lowest BCUT2D eigenvalue weighted by Crippen LogP contribution is -2.26. The zero-order valence-corrected chi connectivity index (χ0v) is 13.0. The fourth-order valence-electron chi connectivity index (χ4n) is 1.80. The van der Waals surface area contributed by atoms with E-state index in [1.807, 2.05) is 0 Å². The van der Waals surface area contributed by atoms with Gasteiger partial charge in [0.1, 0.15) is 11.5 Å². The number of carbonyl (C=O) groups is 1. The molecule has 2 rings (SSSR count). The first-order chi connectivity index (χ1) is 9.88. The Morgan fingerprint density at radius 1 is 1.48 bits per heavy atom. The largest absolute Gasteiger partial charge is 0.361 e. The van der Waals surface area contributed by atoms with Crippen LogP contribution in [0.3, 0.4) is 0 Å². The summed E-state index contributed by atoms with van der Waals surface area (Å²) in [7, 11) is 1.59. The highest BCUT2D eigenvalue weighted by molar-refractivity contribution is 9.10. The minimum atomic E-state index is -0.537. The summed E-state index contributed by atoms with van der Waals surface area (Å²) in [6.45, 7) is 2.01. The number of nitro groups is 1. The number of aryl methyl sites for hydroxylation is 1. The van der Waals surface area contributed by atoms with E-state index in [4.69, 9.17) is 4.52 Å². The molecule has 0 fully saturated rings. The van der Waals surface area contributed by atoms with E-state index in [0.717, 1.165) is 0 Å². The van der Waals surface area contributed by atoms with Gasteiger partial charge in [0, 0.05) is 29.7 Å². The van der Waals surface area contributed by atoms with E-state index in [9.17, 15) is 14.9 Å². The number of nitrogens with zero attached hydrogens (tertiary/aromatic N) is 3. The van der Waals surface area contributed by atoms with Gasteiger partial charge in [0.15, 0.2) is 0 Å². The predicted octanol–water partition coefficient (Wildman–Crippen LogP) is 2.93. The maximum absolute atomic E-state index is 12.4. The first-order valence-corrected chi connectivity index (χ1v) is 6.79. The zero-order chi connectivity index (χ0) is 15.6. The minimum Gasteiger partial charge on any atom is -0.361 e. The van der Waals surface area contributed by atoms with Crippen molar-refractivity contribution in [2.75, 3.05) is 7.05 Å². The summed E-state index contributed by atoms with van der Waals surface area (Å²) in [5.74, 6) is 0.314. The molecule has 21 heavy (non-hydrogen) atoms. The SMILES string of the molecule is Cc1cc(CN(C)C(=O)c2cc([N+](=O)[O-])ccc2Br)no1. The Labute approximate surface area is 128 Å². The van der Waals surface area contributed by atoms with Crippen molar-refractivity contribution >= 4 is 27.5 Å². The molecule has 1 amide bonds. The molecule has 0 atom stereocenters. The number of aromatic nitrogens is 1. The summed E-state index contributed by atoms with van der Waals surface area (Å²) in [5, 5.41) is 14.6. The van der Waals surface area contributed by atoms with E-state index in [0.29, 0.717) is 15.9 Å². The monoisotopic (exact) mass is 353 g/mol. The fourth-order valence-corrected chi connectivity index (χ4v) is 2.22. The molecule has 8 heteroatoms. The topological polar surface area (TPSA) is 89.5 Å². The third-order valence-electron chi connectivity index (χ3n) is 2.81. The van der Waals surface area contributed by atoms with Crippen molar-refractivity contribution in [2.24, 2.45) is 0 Å². The quantitative estimate of drug-likeness (QED) is 0.622. The van der Waals surface area contributed by atoms with Crippen molar-refractivity contribution in [2.45, 2.75) is 13.5 Å². The summed E-state index contributed by atoms with van der Waals surface area (Å²) in [4.78, 5) is 24.0. The van der Waals surface area contributed by atoms with Crippen LogP contribution < -0.4 is 0 Å².